The third kappa shape index (κ3) is 3.89. The zero-order chi connectivity index (χ0) is 21.4. The lowest BCUT2D eigenvalue weighted by Crippen LogP contribution is -2.07. The van der Waals surface area contributed by atoms with Crippen molar-refractivity contribution >= 4 is 17.6 Å². The molecule has 0 radical (unpaired) electrons. The van der Waals surface area contributed by atoms with Crippen LogP contribution in [0.3, 0.4) is 0 Å². The Morgan fingerprint density at radius 3 is 2.90 bits per heavy atom. The van der Waals surface area contributed by atoms with Gasteiger partial charge in [0.05, 0.1) is 18.1 Å². The van der Waals surface area contributed by atoms with Gasteiger partial charge in [-0.05, 0) is 62.3 Å². The standard InChI is InChI=1S/C22H22ClN3O4/c1-11(2)29-22-18(23)8-14(10-24-22)21-25-20(26-30-21)16-6-7-17-13(9-19(27)28)4-5-15(17)12(16)3/h6-8,10-11,13H,4-5,9H2,1-3H3,(H,27,28). The molecule has 1 unspecified atom stereocenters. The van der Waals surface area contributed by atoms with Gasteiger partial charge in [0.2, 0.25) is 11.7 Å². The van der Waals surface area contributed by atoms with Crippen molar-refractivity contribution in [3.05, 3.63) is 46.1 Å². The number of carboxylic acids is 1. The highest BCUT2D eigenvalue weighted by molar-refractivity contribution is 6.32. The van der Waals surface area contributed by atoms with Gasteiger partial charge in [0, 0.05) is 11.8 Å². The van der Waals surface area contributed by atoms with Crippen molar-refractivity contribution in [1.29, 1.82) is 0 Å². The predicted molar refractivity (Wildman–Crippen MR) is 112 cm³/mol. The first kappa shape index (κ1) is 20.3. The molecule has 0 bridgehead atoms. The van der Waals surface area contributed by atoms with E-state index in [0.717, 1.165) is 29.5 Å². The van der Waals surface area contributed by atoms with Crippen LogP contribution in [0.5, 0.6) is 5.88 Å². The summed E-state index contributed by atoms with van der Waals surface area (Å²) in [4.78, 5) is 19.9. The summed E-state index contributed by atoms with van der Waals surface area (Å²) in [5.74, 6) is 0.450. The number of hydrogen-bond donors (Lipinski definition) is 1. The molecule has 1 aromatic carbocycles. The molecule has 1 aliphatic rings. The molecule has 0 spiro atoms. The number of halogens is 1. The van der Waals surface area contributed by atoms with Crippen molar-refractivity contribution in [3.63, 3.8) is 0 Å². The second kappa shape index (κ2) is 8.07. The maximum atomic E-state index is 11.1. The summed E-state index contributed by atoms with van der Waals surface area (Å²) in [7, 11) is 0. The fourth-order valence-corrected chi connectivity index (χ4v) is 4.14. The molecule has 2 heterocycles. The van der Waals surface area contributed by atoms with E-state index in [-0.39, 0.29) is 18.4 Å². The van der Waals surface area contributed by atoms with Gasteiger partial charge >= 0.3 is 5.97 Å². The first-order chi connectivity index (χ1) is 14.3. The SMILES string of the molecule is Cc1c(-c2noc(-c3cnc(OC(C)C)c(Cl)c3)n2)ccc2c1CCC2CC(=O)O. The summed E-state index contributed by atoms with van der Waals surface area (Å²) >= 11 is 6.27. The fourth-order valence-electron chi connectivity index (χ4n) is 3.93. The minimum atomic E-state index is -0.769. The van der Waals surface area contributed by atoms with E-state index >= 15 is 0 Å². The Labute approximate surface area is 179 Å². The number of rotatable bonds is 6. The number of pyridine rings is 1. The highest BCUT2D eigenvalue weighted by Crippen LogP contribution is 2.40. The molecule has 0 saturated carbocycles. The van der Waals surface area contributed by atoms with Gasteiger partial charge in [-0.25, -0.2) is 4.98 Å². The molecule has 1 aliphatic carbocycles. The average Bonchev–Trinajstić information content (AvgIpc) is 3.31. The fraction of sp³-hybridized carbons (Fsp3) is 0.364. The van der Waals surface area contributed by atoms with Crippen molar-refractivity contribution in [2.24, 2.45) is 0 Å². The number of carbonyl (C=O) groups is 1. The maximum Gasteiger partial charge on any atom is 0.303 e. The van der Waals surface area contributed by atoms with Crippen LogP contribution < -0.4 is 4.74 Å². The van der Waals surface area contributed by atoms with Crippen LogP contribution in [0, 0.1) is 6.92 Å². The van der Waals surface area contributed by atoms with E-state index in [4.69, 9.17) is 26.0 Å². The molecule has 0 aliphatic heterocycles. The number of nitrogens with zero attached hydrogens (tertiary/aromatic N) is 3. The van der Waals surface area contributed by atoms with Crippen molar-refractivity contribution in [3.8, 4) is 28.7 Å². The largest absolute Gasteiger partial charge is 0.481 e. The summed E-state index contributed by atoms with van der Waals surface area (Å²) in [6.45, 7) is 5.82. The lowest BCUT2D eigenvalue weighted by Gasteiger charge is -2.11. The summed E-state index contributed by atoms with van der Waals surface area (Å²) in [6.07, 6.45) is 3.41. The van der Waals surface area contributed by atoms with E-state index in [2.05, 4.69) is 15.1 Å². The molecule has 2 aromatic heterocycles. The number of aromatic nitrogens is 3. The molecular formula is C22H22ClN3O4. The van der Waals surface area contributed by atoms with Crippen molar-refractivity contribution in [1.82, 2.24) is 15.1 Å². The summed E-state index contributed by atoms with van der Waals surface area (Å²) in [5.41, 5.74) is 4.84. The quantitative estimate of drug-likeness (QED) is 0.587. The molecule has 30 heavy (non-hydrogen) atoms. The van der Waals surface area contributed by atoms with Crippen LogP contribution in [0.25, 0.3) is 22.8 Å². The van der Waals surface area contributed by atoms with Gasteiger partial charge in [-0.3, -0.25) is 4.79 Å². The topological polar surface area (TPSA) is 98.3 Å². The lowest BCUT2D eigenvalue weighted by atomic mass is 9.93. The summed E-state index contributed by atoms with van der Waals surface area (Å²) < 4.78 is 11.0. The summed E-state index contributed by atoms with van der Waals surface area (Å²) in [6, 6.07) is 5.62. The summed E-state index contributed by atoms with van der Waals surface area (Å²) in [5, 5.41) is 13.6. The number of aliphatic carboxylic acids is 1. The van der Waals surface area contributed by atoms with E-state index in [1.165, 1.54) is 5.56 Å². The number of fused-ring (bicyclic) bond motifs is 1. The molecule has 0 fully saturated rings. The molecule has 7 nitrogen and oxygen atoms in total. The Hall–Kier alpha value is -2.93. The minimum Gasteiger partial charge on any atom is -0.481 e. The van der Waals surface area contributed by atoms with E-state index in [1.807, 2.05) is 32.9 Å². The zero-order valence-electron chi connectivity index (χ0n) is 17.0. The highest BCUT2D eigenvalue weighted by Gasteiger charge is 2.27. The van der Waals surface area contributed by atoms with E-state index in [9.17, 15) is 4.79 Å². The van der Waals surface area contributed by atoms with Crippen LogP contribution in [-0.4, -0.2) is 32.3 Å². The van der Waals surface area contributed by atoms with Crippen LogP contribution in [0.1, 0.15) is 49.3 Å². The Bertz CT molecular complexity index is 1110. The van der Waals surface area contributed by atoms with Gasteiger partial charge in [-0.1, -0.05) is 28.9 Å². The van der Waals surface area contributed by atoms with Crippen molar-refractivity contribution in [2.45, 2.75) is 52.1 Å². The van der Waals surface area contributed by atoms with Gasteiger partial charge in [-0.2, -0.15) is 4.98 Å². The van der Waals surface area contributed by atoms with E-state index < -0.39 is 5.97 Å². The molecule has 4 rings (SSSR count). The molecule has 0 saturated heterocycles. The van der Waals surface area contributed by atoms with Gasteiger partial charge in [-0.15, -0.1) is 0 Å². The number of carboxylic acid groups (broad SMARTS) is 1. The first-order valence-corrected chi connectivity index (χ1v) is 10.2. The minimum absolute atomic E-state index is 0.0336. The van der Waals surface area contributed by atoms with Crippen molar-refractivity contribution in [2.75, 3.05) is 0 Å². The molecule has 1 atom stereocenters. The zero-order valence-corrected chi connectivity index (χ0v) is 17.7. The highest BCUT2D eigenvalue weighted by atomic mass is 35.5. The smallest absolute Gasteiger partial charge is 0.303 e. The van der Waals surface area contributed by atoms with Crippen LogP contribution >= 0.6 is 11.6 Å². The van der Waals surface area contributed by atoms with E-state index in [1.54, 1.807) is 12.3 Å². The molecule has 0 amide bonds. The van der Waals surface area contributed by atoms with Gasteiger partial charge < -0.3 is 14.4 Å². The molecule has 3 aromatic rings. The van der Waals surface area contributed by atoms with Gasteiger partial charge in [0.15, 0.2) is 0 Å². The predicted octanol–water partition coefficient (Wildman–Crippen LogP) is 5.05. The number of benzene rings is 1. The van der Waals surface area contributed by atoms with Crippen LogP contribution in [0.2, 0.25) is 5.02 Å². The average molecular weight is 428 g/mol. The van der Waals surface area contributed by atoms with Crippen LogP contribution in [0.15, 0.2) is 28.9 Å². The van der Waals surface area contributed by atoms with Gasteiger partial charge in [0.1, 0.15) is 5.02 Å². The van der Waals surface area contributed by atoms with Crippen LogP contribution in [0.4, 0.5) is 0 Å². The third-order valence-electron chi connectivity index (χ3n) is 5.31. The second-order valence-electron chi connectivity index (χ2n) is 7.74. The third-order valence-corrected chi connectivity index (χ3v) is 5.58. The van der Waals surface area contributed by atoms with Crippen molar-refractivity contribution < 1.29 is 19.2 Å². The Morgan fingerprint density at radius 2 is 2.20 bits per heavy atom. The van der Waals surface area contributed by atoms with Crippen LogP contribution in [-0.2, 0) is 11.2 Å². The monoisotopic (exact) mass is 427 g/mol. The number of ether oxygens (including phenoxy) is 1. The molecule has 8 heteroatoms. The normalized spacial score (nSPS) is 15.4. The lowest BCUT2D eigenvalue weighted by molar-refractivity contribution is -0.137. The molecular weight excluding hydrogens is 406 g/mol. The number of hydrogen-bond acceptors (Lipinski definition) is 6. The Balaban J connectivity index is 1.62. The maximum absolute atomic E-state index is 11.1. The Morgan fingerprint density at radius 1 is 1.40 bits per heavy atom. The second-order valence-corrected chi connectivity index (χ2v) is 8.15. The van der Waals surface area contributed by atoms with Gasteiger partial charge in [0.25, 0.3) is 5.89 Å². The first-order valence-electron chi connectivity index (χ1n) is 9.84. The molecule has 156 valence electrons. The van der Waals surface area contributed by atoms with E-state index in [0.29, 0.717) is 28.2 Å². The Kier molecular flexibility index (Phi) is 5.47. The molecule has 1 N–H and O–H groups in total.